The molecular weight excluding hydrogens is 146 g/mol. The summed E-state index contributed by atoms with van der Waals surface area (Å²) < 4.78 is 0. The summed E-state index contributed by atoms with van der Waals surface area (Å²) in [5.74, 6) is 6.04. The molecule has 1 unspecified atom stereocenters. The maximum atomic E-state index is 3.85. The minimum atomic E-state index is 0.569. The van der Waals surface area contributed by atoms with E-state index in [0.717, 1.165) is 6.54 Å². The molecule has 0 bridgehead atoms. The highest BCUT2D eigenvalue weighted by atomic mass is 15.1. The lowest BCUT2D eigenvalue weighted by Crippen LogP contribution is -2.38. The Labute approximate surface area is 75.5 Å². The normalized spacial score (nSPS) is 24.2. The van der Waals surface area contributed by atoms with Gasteiger partial charge in [-0.3, -0.25) is 4.90 Å². The van der Waals surface area contributed by atoms with Crippen LogP contribution in [0.3, 0.4) is 0 Å². The first-order valence-electron chi connectivity index (χ1n) is 4.64. The minimum absolute atomic E-state index is 0.569. The molecule has 66 valence electrons. The summed E-state index contributed by atoms with van der Waals surface area (Å²) >= 11 is 0. The summed E-state index contributed by atoms with van der Waals surface area (Å²) in [6, 6.07) is 0.569. The van der Waals surface area contributed by atoms with Gasteiger partial charge in [-0.1, -0.05) is 18.4 Å². The molecule has 0 N–H and O–H groups in total. The van der Waals surface area contributed by atoms with Crippen molar-refractivity contribution in [2.75, 3.05) is 13.1 Å². The molecule has 1 nitrogen and oxygen atoms in total. The Morgan fingerprint density at radius 1 is 1.58 bits per heavy atom. The average Bonchev–Trinajstić information content (AvgIpc) is 2.15. The van der Waals surface area contributed by atoms with Gasteiger partial charge in [-0.25, -0.2) is 0 Å². The number of nitrogens with zero attached hydrogens (tertiary/aromatic N) is 1. The maximum Gasteiger partial charge on any atom is 0.0606 e. The van der Waals surface area contributed by atoms with Crippen LogP contribution < -0.4 is 0 Å². The zero-order valence-electron chi connectivity index (χ0n) is 7.84. The molecule has 1 atom stereocenters. The lowest BCUT2D eigenvalue weighted by Gasteiger charge is -2.31. The van der Waals surface area contributed by atoms with Crippen LogP contribution in [0, 0.1) is 11.8 Å². The number of likely N-dealkylation sites (tertiary alicyclic amines) is 1. The van der Waals surface area contributed by atoms with E-state index < -0.39 is 0 Å². The van der Waals surface area contributed by atoms with E-state index in [2.05, 4.69) is 29.4 Å². The molecule has 0 aromatic heterocycles. The predicted octanol–water partition coefficient (Wildman–Crippen LogP) is 2.05. The van der Waals surface area contributed by atoms with Gasteiger partial charge in [0, 0.05) is 6.04 Å². The quantitative estimate of drug-likeness (QED) is 0.445. The van der Waals surface area contributed by atoms with Gasteiger partial charge in [0.15, 0.2) is 0 Å². The molecule has 0 aromatic rings. The van der Waals surface area contributed by atoms with Crippen LogP contribution in [0.2, 0.25) is 0 Å². The van der Waals surface area contributed by atoms with Crippen LogP contribution in [0.4, 0.5) is 0 Å². The van der Waals surface area contributed by atoms with E-state index in [1.807, 2.05) is 6.92 Å². The molecule has 12 heavy (non-hydrogen) atoms. The van der Waals surface area contributed by atoms with Gasteiger partial charge in [0.05, 0.1) is 6.54 Å². The van der Waals surface area contributed by atoms with Crippen molar-refractivity contribution < 1.29 is 0 Å². The molecule has 1 rings (SSSR count). The molecule has 0 aromatic carbocycles. The van der Waals surface area contributed by atoms with Crippen LogP contribution in [0.25, 0.3) is 0 Å². The summed E-state index contributed by atoms with van der Waals surface area (Å²) in [7, 11) is 0. The first-order chi connectivity index (χ1) is 5.88. The van der Waals surface area contributed by atoms with E-state index in [9.17, 15) is 0 Å². The molecule has 1 aliphatic heterocycles. The minimum Gasteiger partial charge on any atom is -0.286 e. The molecule has 0 radical (unpaired) electrons. The molecule has 1 heteroatoms. The number of rotatable bonds is 2. The van der Waals surface area contributed by atoms with Crippen LogP contribution in [0.15, 0.2) is 12.7 Å². The van der Waals surface area contributed by atoms with Gasteiger partial charge in [0.25, 0.3) is 0 Å². The van der Waals surface area contributed by atoms with E-state index in [-0.39, 0.29) is 0 Å². The smallest absolute Gasteiger partial charge is 0.0606 e. The van der Waals surface area contributed by atoms with Gasteiger partial charge >= 0.3 is 0 Å². The largest absolute Gasteiger partial charge is 0.286 e. The van der Waals surface area contributed by atoms with Crippen molar-refractivity contribution in [3.63, 3.8) is 0 Å². The third-order valence-electron chi connectivity index (χ3n) is 2.40. The van der Waals surface area contributed by atoms with Gasteiger partial charge in [-0.15, -0.1) is 12.5 Å². The summed E-state index contributed by atoms with van der Waals surface area (Å²) in [5.41, 5.74) is 0. The van der Waals surface area contributed by atoms with Crippen molar-refractivity contribution in [1.82, 2.24) is 4.90 Å². The molecule has 0 amide bonds. The fraction of sp³-hybridized carbons (Fsp3) is 0.636. The average molecular weight is 163 g/mol. The second-order valence-corrected chi connectivity index (χ2v) is 3.20. The Balaban J connectivity index is 2.44. The van der Waals surface area contributed by atoms with E-state index >= 15 is 0 Å². The van der Waals surface area contributed by atoms with Crippen molar-refractivity contribution in [2.45, 2.75) is 32.2 Å². The Morgan fingerprint density at radius 3 is 3.08 bits per heavy atom. The zero-order valence-corrected chi connectivity index (χ0v) is 7.84. The maximum absolute atomic E-state index is 3.85. The molecule has 0 saturated carbocycles. The topological polar surface area (TPSA) is 3.24 Å². The molecule has 1 fully saturated rings. The highest BCUT2D eigenvalue weighted by Gasteiger charge is 2.17. The standard InChI is InChI=1S/C11H17N/c1-3-5-9-12-10-7-6-8-11(12)4-2/h4,11H,2,6-10H2,1H3. The highest BCUT2D eigenvalue weighted by Crippen LogP contribution is 2.16. The number of piperidine rings is 1. The van der Waals surface area contributed by atoms with Crippen molar-refractivity contribution >= 4 is 0 Å². The fourth-order valence-corrected chi connectivity index (χ4v) is 1.66. The summed E-state index contributed by atoms with van der Waals surface area (Å²) in [5, 5.41) is 0. The Kier molecular flexibility index (Phi) is 3.90. The lowest BCUT2D eigenvalue weighted by molar-refractivity contribution is 0.202. The van der Waals surface area contributed by atoms with Crippen LogP contribution in [-0.2, 0) is 0 Å². The number of hydrogen-bond acceptors (Lipinski definition) is 1. The summed E-state index contributed by atoms with van der Waals surface area (Å²) in [4.78, 5) is 2.41. The van der Waals surface area contributed by atoms with Gasteiger partial charge in [-0.05, 0) is 26.3 Å². The molecule has 1 heterocycles. The predicted molar refractivity (Wildman–Crippen MR) is 52.9 cm³/mol. The summed E-state index contributed by atoms with van der Waals surface area (Å²) in [6.07, 6.45) is 5.97. The van der Waals surface area contributed by atoms with Crippen LogP contribution >= 0.6 is 0 Å². The number of hydrogen-bond donors (Lipinski definition) is 0. The Hall–Kier alpha value is -0.740. The third kappa shape index (κ3) is 2.39. The zero-order chi connectivity index (χ0) is 8.81. The molecule has 1 saturated heterocycles. The first kappa shape index (κ1) is 9.35. The van der Waals surface area contributed by atoms with Crippen molar-refractivity contribution in [3.8, 4) is 11.8 Å². The van der Waals surface area contributed by atoms with Crippen LogP contribution in [0.5, 0.6) is 0 Å². The molecule has 0 aliphatic carbocycles. The van der Waals surface area contributed by atoms with Gasteiger partial charge in [0.1, 0.15) is 0 Å². The highest BCUT2D eigenvalue weighted by molar-refractivity contribution is 5.01. The van der Waals surface area contributed by atoms with E-state index in [0.29, 0.717) is 6.04 Å². The van der Waals surface area contributed by atoms with E-state index in [1.54, 1.807) is 0 Å². The van der Waals surface area contributed by atoms with E-state index in [1.165, 1.54) is 25.8 Å². The van der Waals surface area contributed by atoms with Gasteiger partial charge < -0.3 is 0 Å². The SMILES string of the molecule is C=CC1CCCCN1CC#CC. The molecule has 0 spiro atoms. The molecular formula is C11H17N. The monoisotopic (exact) mass is 163 g/mol. The second kappa shape index (κ2) is 5.00. The van der Waals surface area contributed by atoms with Crippen molar-refractivity contribution in [1.29, 1.82) is 0 Å². The summed E-state index contributed by atoms with van der Waals surface area (Å²) in [6.45, 7) is 7.84. The van der Waals surface area contributed by atoms with Gasteiger partial charge in [-0.2, -0.15) is 0 Å². The van der Waals surface area contributed by atoms with E-state index in [4.69, 9.17) is 0 Å². The lowest BCUT2D eigenvalue weighted by atomic mass is 10.0. The fourth-order valence-electron chi connectivity index (χ4n) is 1.66. The van der Waals surface area contributed by atoms with Crippen LogP contribution in [0.1, 0.15) is 26.2 Å². The Bertz CT molecular complexity index is 197. The Morgan fingerprint density at radius 2 is 2.42 bits per heavy atom. The van der Waals surface area contributed by atoms with Crippen molar-refractivity contribution in [3.05, 3.63) is 12.7 Å². The van der Waals surface area contributed by atoms with Crippen molar-refractivity contribution in [2.24, 2.45) is 0 Å². The third-order valence-corrected chi connectivity index (χ3v) is 2.40. The first-order valence-corrected chi connectivity index (χ1v) is 4.64. The van der Waals surface area contributed by atoms with Crippen LogP contribution in [-0.4, -0.2) is 24.0 Å². The second-order valence-electron chi connectivity index (χ2n) is 3.20. The molecule has 1 aliphatic rings. The van der Waals surface area contributed by atoms with Gasteiger partial charge in [0.2, 0.25) is 0 Å².